The van der Waals surface area contributed by atoms with Gasteiger partial charge in [0.2, 0.25) is 0 Å². The Labute approximate surface area is 171 Å². The third-order valence-corrected chi connectivity index (χ3v) is 7.13. The lowest BCUT2D eigenvalue weighted by Crippen LogP contribution is -2.39. The number of hydrogen-bond acceptors (Lipinski definition) is 4. The molecule has 1 heterocycles. The van der Waals surface area contributed by atoms with Gasteiger partial charge in [-0.1, -0.05) is 64.2 Å². The summed E-state index contributed by atoms with van der Waals surface area (Å²) in [6.07, 6.45) is 16.0. The Balaban J connectivity index is 0.00000261. The first-order valence-electron chi connectivity index (χ1n) is 11.2. The molecule has 2 aliphatic carbocycles. The fourth-order valence-electron chi connectivity index (χ4n) is 5.56. The first-order valence-corrected chi connectivity index (χ1v) is 11.2. The van der Waals surface area contributed by atoms with Crippen molar-refractivity contribution in [1.29, 1.82) is 0 Å². The van der Waals surface area contributed by atoms with E-state index >= 15 is 0 Å². The van der Waals surface area contributed by atoms with Crippen molar-refractivity contribution in [3.05, 3.63) is 0 Å². The minimum atomic E-state index is -0.638. The minimum Gasteiger partial charge on any atom is -0.461 e. The van der Waals surface area contributed by atoms with E-state index in [1.54, 1.807) is 0 Å². The molecule has 27 heavy (non-hydrogen) atoms. The van der Waals surface area contributed by atoms with Crippen molar-refractivity contribution < 1.29 is 14.3 Å². The molecule has 0 aromatic rings. The van der Waals surface area contributed by atoms with Gasteiger partial charge in [0.25, 0.3) is 0 Å². The zero-order valence-electron chi connectivity index (χ0n) is 17.1. The van der Waals surface area contributed by atoms with Crippen molar-refractivity contribution in [3.8, 4) is 0 Å². The molecule has 0 radical (unpaired) electrons. The molecular formula is C22H40ClNO3. The number of carbonyl (C=O) groups excluding carboxylic acids is 1. The Bertz CT molecular complexity index is 435. The van der Waals surface area contributed by atoms with Crippen molar-refractivity contribution in [2.45, 2.75) is 96.1 Å². The van der Waals surface area contributed by atoms with Crippen LogP contribution in [0.3, 0.4) is 0 Å². The van der Waals surface area contributed by atoms with Crippen molar-refractivity contribution in [2.24, 2.45) is 29.4 Å². The van der Waals surface area contributed by atoms with Crippen LogP contribution in [0.25, 0.3) is 0 Å². The molecule has 0 spiro atoms. The summed E-state index contributed by atoms with van der Waals surface area (Å²) in [5.41, 5.74) is 5.94. The van der Waals surface area contributed by atoms with Crippen molar-refractivity contribution in [3.63, 3.8) is 0 Å². The number of nitrogens with two attached hydrogens (primary N) is 1. The van der Waals surface area contributed by atoms with E-state index in [-0.39, 0.29) is 24.5 Å². The predicted molar refractivity (Wildman–Crippen MR) is 111 cm³/mol. The SMILES string of the molecule is C[C@@H]1OC(=O)[C@@H](N)COC[C@H](CC2CCCCC2)[C@H]1CC1CCCCC1.Cl. The number of carbonyl (C=O) groups is 1. The summed E-state index contributed by atoms with van der Waals surface area (Å²) in [7, 11) is 0. The predicted octanol–water partition coefficient (Wildman–Crippen LogP) is 4.87. The fraction of sp³-hybridized carbons (Fsp3) is 0.955. The Morgan fingerprint density at radius 2 is 1.44 bits per heavy atom. The molecule has 0 aromatic carbocycles. The van der Waals surface area contributed by atoms with E-state index in [0.29, 0.717) is 18.4 Å². The summed E-state index contributed by atoms with van der Waals surface area (Å²) in [5, 5.41) is 0. The van der Waals surface area contributed by atoms with Crippen LogP contribution in [0, 0.1) is 23.7 Å². The summed E-state index contributed by atoms with van der Waals surface area (Å²) in [4.78, 5) is 12.2. The van der Waals surface area contributed by atoms with E-state index in [0.717, 1.165) is 18.4 Å². The molecule has 0 unspecified atom stereocenters. The average Bonchev–Trinajstić information content (AvgIpc) is 2.70. The van der Waals surface area contributed by atoms with Gasteiger partial charge < -0.3 is 15.2 Å². The smallest absolute Gasteiger partial charge is 0.325 e. The molecule has 0 aromatic heterocycles. The van der Waals surface area contributed by atoms with Gasteiger partial charge in [0.1, 0.15) is 12.1 Å². The van der Waals surface area contributed by atoms with Gasteiger partial charge in [-0.3, -0.25) is 4.79 Å². The molecule has 3 aliphatic rings. The number of rotatable bonds is 4. The van der Waals surface area contributed by atoms with Gasteiger partial charge in [0, 0.05) is 12.5 Å². The van der Waals surface area contributed by atoms with Crippen LogP contribution >= 0.6 is 12.4 Å². The Morgan fingerprint density at radius 1 is 0.889 bits per heavy atom. The molecular weight excluding hydrogens is 362 g/mol. The van der Waals surface area contributed by atoms with Gasteiger partial charge in [0.15, 0.2) is 0 Å². The van der Waals surface area contributed by atoms with Crippen molar-refractivity contribution in [2.75, 3.05) is 13.2 Å². The highest BCUT2D eigenvalue weighted by atomic mass is 35.5. The number of esters is 1. The van der Waals surface area contributed by atoms with Crippen LogP contribution in [0.5, 0.6) is 0 Å². The van der Waals surface area contributed by atoms with Gasteiger partial charge in [-0.25, -0.2) is 0 Å². The second-order valence-corrected chi connectivity index (χ2v) is 9.19. The zero-order chi connectivity index (χ0) is 18.4. The van der Waals surface area contributed by atoms with Gasteiger partial charge >= 0.3 is 5.97 Å². The third kappa shape index (κ3) is 6.90. The molecule has 0 amide bonds. The molecule has 2 saturated carbocycles. The van der Waals surface area contributed by atoms with E-state index in [1.807, 2.05) is 0 Å². The van der Waals surface area contributed by atoms with Crippen LogP contribution in [0.2, 0.25) is 0 Å². The normalized spacial score (nSPS) is 34.7. The lowest BCUT2D eigenvalue weighted by molar-refractivity contribution is -0.153. The Morgan fingerprint density at radius 3 is 2.04 bits per heavy atom. The highest BCUT2D eigenvalue weighted by Gasteiger charge is 2.36. The molecule has 3 fully saturated rings. The van der Waals surface area contributed by atoms with Crippen LogP contribution in [0.15, 0.2) is 0 Å². The topological polar surface area (TPSA) is 61.5 Å². The van der Waals surface area contributed by atoms with E-state index in [2.05, 4.69) is 6.92 Å². The van der Waals surface area contributed by atoms with Gasteiger partial charge in [-0.2, -0.15) is 0 Å². The van der Waals surface area contributed by atoms with Crippen molar-refractivity contribution in [1.82, 2.24) is 0 Å². The molecule has 1 saturated heterocycles. The zero-order valence-corrected chi connectivity index (χ0v) is 17.9. The van der Waals surface area contributed by atoms with Crippen LogP contribution < -0.4 is 5.73 Å². The Kier molecular flexibility index (Phi) is 9.89. The summed E-state index contributed by atoms with van der Waals surface area (Å²) in [6, 6.07) is -0.638. The molecule has 2 N–H and O–H groups in total. The second-order valence-electron chi connectivity index (χ2n) is 9.19. The van der Waals surface area contributed by atoms with Crippen LogP contribution in [-0.2, 0) is 14.3 Å². The molecule has 0 bridgehead atoms. The molecule has 158 valence electrons. The monoisotopic (exact) mass is 401 g/mol. The van der Waals surface area contributed by atoms with Gasteiger partial charge in [-0.05, 0) is 37.5 Å². The van der Waals surface area contributed by atoms with E-state index in [4.69, 9.17) is 15.2 Å². The van der Waals surface area contributed by atoms with Crippen LogP contribution in [0.1, 0.15) is 84.0 Å². The van der Waals surface area contributed by atoms with E-state index < -0.39 is 6.04 Å². The van der Waals surface area contributed by atoms with E-state index in [1.165, 1.54) is 77.0 Å². The standard InChI is InChI=1S/C22H39NO3.ClH/c1-16-20(13-18-10-6-3-7-11-18)19(12-17-8-4-2-5-9-17)14-25-15-21(23)22(24)26-16;/h16-21H,2-15,23H2,1H3;1H/t16-,19-,20-,21-;/m0./s1. The lowest BCUT2D eigenvalue weighted by Gasteiger charge is -2.36. The summed E-state index contributed by atoms with van der Waals surface area (Å²) in [6.45, 7) is 3.13. The first-order chi connectivity index (χ1) is 12.6. The molecule has 3 rings (SSSR count). The van der Waals surface area contributed by atoms with Gasteiger partial charge in [-0.15, -0.1) is 12.4 Å². The van der Waals surface area contributed by atoms with Crippen LogP contribution in [-0.4, -0.2) is 31.3 Å². The molecule has 1 aliphatic heterocycles. The highest BCUT2D eigenvalue weighted by molar-refractivity contribution is 5.85. The minimum absolute atomic E-state index is 0. The number of ether oxygens (including phenoxy) is 2. The lowest BCUT2D eigenvalue weighted by atomic mass is 9.72. The fourth-order valence-corrected chi connectivity index (χ4v) is 5.56. The van der Waals surface area contributed by atoms with Crippen LogP contribution in [0.4, 0.5) is 0 Å². The first kappa shape index (κ1) is 23.0. The average molecular weight is 402 g/mol. The highest BCUT2D eigenvalue weighted by Crippen LogP contribution is 2.39. The summed E-state index contributed by atoms with van der Waals surface area (Å²) < 4.78 is 11.7. The maximum atomic E-state index is 12.2. The summed E-state index contributed by atoms with van der Waals surface area (Å²) in [5.74, 6) is 2.23. The maximum absolute atomic E-state index is 12.2. The second kappa shape index (κ2) is 11.6. The molecule has 4 atom stereocenters. The molecule has 5 heteroatoms. The summed E-state index contributed by atoms with van der Waals surface area (Å²) >= 11 is 0. The number of hydrogen-bond donors (Lipinski definition) is 1. The molecule has 4 nitrogen and oxygen atoms in total. The maximum Gasteiger partial charge on any atom is 0.325 e. The Hall–Kier alpha value is -0.320. The third-order valence-electron chi connectivity index (χ3n) is 7.13. The number of cyclic esters (lactones) is 1. The quantitative estimate of drug-likeness (QED) is 0.682. The van der Waals surface area contributed by atoms with Gasteiger partial charge in [0.05, 0.1) is 6.61 Å². The largest absolute Gasteiger partial charge is 0.461 e. The van der Waals surface area contributed by atoms with Crippen molar-refractivity contribution >= 4 is 18.4 Å². The van der Waals surface area contributed by atoms with E-state index in [9.17, 15) is 4.79 Å². The number of halogens is 1.